The zero-order valence-electron chi connectivity index (χ0n) is 9.20. The average molecular weight is 222 g/mol. The molecular weight excluding hydrogens is 204 g/mol. The highest BCUT2D eigenvalue weighted by molar-refractivity contribution is 7.12. The number of aliphatic hydroxyl groups excluding tert-OH is 1. The molecule has 1 unspecified atom stereocenters. The summed E-state index contributed by atoms with van der Waals surface area (Å²) >= 11 is 1.71. The molecule has 1 aromatic heterocycles. The minimum atomic E-state index is -0.284. The second-order valence-electron chi connectivity index (χ2n) is 4.28. The van der Waals surface area contributed by atoms with Gasteiger partial charge in [-0.3, -0.25) is 0 Å². The molecule has 82 valence electrons. The highest BCUT2D eigenvalue weighted by atomic mass is 32.1. The first kappa shape index (κ1) is 10.9. The van der Waals surface area contributed by atoms with Gasteiger partial charge in [0, 0.05) is 9.75 Å². The van der Waals surface area contributed by atoms with Gasteiger partial charge in [-0.15, -0.1) is 11.3 Å². The van der Waals surface area contributed by atoms with Crippen LogP contribution in [0.15, 0.2) is 23.8 Å². The summed E-state index contributed by atoms with van der Waals surface area (Å²) in [4.78, 5) is 2.39. The lowest BCUT2D eigenvalue weighted by atomic mass is 9.95. The second kappa shape index (κ2) is 4.95. The second-order valence-corrected chi connectivity index (χ2v) is 5.60. The Morgan fingerprint density at radius 3 is 2.87 bits per heavy atom. The number of thiophene rings is 1. The van der Waals surface area contributed by atoms with E-state index in [0.717, 1.165) is 11.3 Å². The number of aliphatic hydroxyl groups is 1. The summed E-state index contributed by atoms with van der Waals surface area (Å²) in [6.07, 6.45) is 7.85. The maximum atomic E-state index is 10.1. The highest BCUT2D eigenvalue weighted by Gasteiger charge is 2.13. The molecule has 1 aliphatic rings. The van der Waals surface area contributed by atoms with Crippen molar-refractivity contribution in [2.24, 2.45) is 0 Å². The molecule has 1 N–H and O–H groups in total. The number of hydrogen-bond donors (Lipinski definition) is 1. The van der Waals surface area contributed by atoms with Crippen LogP contribution in [0.5, 0.6) is 0 Å². The van der Waals surface area contributed by atoms with E-state index in [1.165, 1.54) is 36.1 Å². The summed E-state index contributed by atoms with van der Waals surface area (Å²) in [5.74, 6) is 0. The lowest BCUT2D eigenvalue weighted by Gasteiger charge is -2.15. The summed E-state index contributed by atoms with van der Waals surface area (Å²) in [6.45, 7) is 2.08. The van der Waals surface area contributed by atoms with Gasteiger partial charge in [-0.25, -0.2) is 0 Å². The predicted molar refractivity (Wildman–Crippen MR) is 65.2 cm³/mol. The van der Waals surface area contributed by atoms with Crippen molar-refractivity contribution in [3.63, 3.8) is 0 Å². The Hall–Kier alpha value is -0.600. The SMILES string of the molecule is Cc1ccc(C(O)CC2=CCCCC2)s1. The van der Waals surface area contributed by atoms with E-state index in [9.17, 15) is 5.11 Å². The van der Waals surface area contributed by atoms with Crippen molar-refractivity contribution < 1.29 is 5.11 Å². The van der Waals surface area contributed by atoms with Gasteiger partial charge >= 0.3 is 0 Å². The van der Waals surface area contributed by atoms with E-state index in [1.807, 2.05) is 6.07 Å². The Kier molecular flexibility index (Phi) is 3.60. The van der Waals surface area contributed by atoms with E-state index in [0.29, 0.717) is 0 Å². The Morgan fingerprint density at radius 1 is 1.40 bits per heavy atom. The van der Waals surface area contributed by atoms with Crippen LogP contribution in [0, 0.1) is 6.92 Å². The first-order valence-electron chi connectivity index (χ1n) is 5.68. The monoisotopic (exact) mass is 222 g/mol. The molecule has 0 aliphatic heterocycles. The standard InChI is InChI=1S/C13H18OS/c1-10-7-8-13(15-10)12(14)9-11-5-3-2-4-6-11/h5,7-8,12,14H,2-4,6,9H2,1H3. The molecule has 1 aromatic rings. The first-order valence-corrected chi connectivity index (χ1v) is 6.49. The van der Waals surface area contributed by atoms with Gasteiger partial charge in [0.2, 0.25) is 0 Å². The lowest BCUT2D eigenvalue weighted by molar-refractivity contribution is 0.180. The third-order valence-corrected chi connectivity index (χ3v) is 4.03. The van der Waals surface area contributed by atoms with E-state index < -0.39 is 0 Å². The highest BCUT2D eigenvalue weighted by Crippen LogP contribution is 2.30. The molecule has 0 saturated heterocycles. The minimum absolute atomic E-state index is 0.284. The maximum Gasteiger partial charge on any atom is 0.0919 e. The van der Waals surface area contributed by atoms with E-state index in [4.69, 9.17) is 0 Å². The fraction of sp³-hybridized carbons (Fsp3) is 0.538. The van der Waals surface area contributed by atoms with Gasteiger partial charge in [0.05, 0.1) is 6.10 Å². The lowest BCUT2D eigenvalue weighted by Crippen LogP contribution is -1.99. The number of rotatable bonds is 3. The molecule has 1 heterocycles. The van der Waals surface area contributed by atoms with Crippen LogP contribution in [-0.2, 0) is 0 Å². The number of hydrogen-bond acceptors (Lipinski definition) is 2. The molecular formula is C13H18OS. The molecule has 2 heteroatoms. The van der Waals surface area contributed by atoms with E-state index in [2.05, 4.69) is 19.1 Å². The van der Waals surface area contributed by atoms with Gasteiger partial charge in [-0.1, -0.05) is 11.6 Å². The predicted octanol–water partition coefficient (Wildman–Crippen LogP) is 3.98. The van der Waals surface area contributed by atoms with Crippen molar-refractivity contribution in [3.05, 3.63) is 33.5 Å². The van der Waals surface area contributed by atoms with Crippen LogP contribution in [0.1, 0.15) is 48.0 Å². The molecule has 2 rings (SSSR count). The van der Waals surface area contributed by atoms with Crippen LogP contribution >= 0.6 is 11.3 Å². The third kappa shape index (κ3) is 2.93. The summed E-state index contributed by atoms with van der Waals surface area (Å²) in [7, 11) is 0. The van der Waals surface area contributed by atoms with Crippen LogP contribution in [0.2, 0.25) is 0 Å². The third-order valence-electron chi connectivity index (χ3n) is 2.93. The molecule has 15 heavy (non-hydrogen) atoms. The molecule has 0 radical (unpaired) electrons. The Morgan fingerprint density at radius 2 is 2.27 bits per heavy atom. The minimum Gasteiger partial charge on any atom is -0.387 e. The summed E-state index contributed by atoms with van der Waals surface area (Å²) in [6, 6.07) is 4.13. The molecule has 0 amide bonds. The zero-order valence-corrected chi connectivity index (χ0v) is 10.0. The topological polar surface area (TPSA) is 20.2 Å². The van der Waals surface area contributed by atoms with Crippen LogP contribution in [0.4, 0.5) is 0 Å². The molecule has 0 aromatic carbocycles. The van der Waals surface area contributed by atoms with Crippen LogP contribution in [0.3, 0.4) is 0 Å². The van der Waals surface area contributed by atoms with Gasteiger partial charge < -0.3 is 5.11 Å². The molecule has 0 saturated carbocycles. The van der Waals surface area contributed by atoms with Crippen molar-refractivity contribution in [2.75, 3.05) is 0 Å². The van der Waals surface area contributed by atoms with Gasteiger partial charge in [0.25, 0.3) is 0 Å². The Bertz CT molecular complexity index is 351. The zero-order chi connectivity index (χ0) is 10.7. The van der Waals surface area contributed by atoms with Gasteiger partial charge in [0.15, 0.2) is 0 Å². The van der Waals surface area contributed by atoms with Crippen LogP contribution in [-0.4, -0.2) is 5.11 Å². The van der Waals surface area contributed by atoms with E-state index in [-0.39, 0.29) is 6.10 Å². The fourth-order valence-corrected chi connectivity index (χ4v) is 2.93. The summed E-state index contributed by atoms with van der Waals surface area (Å²) in [5, 5.41) is 10.1. The summed E-state index contributed by atoms with van der Waals surface area (Å²) < 4.78 is 0. The van der Waals surface area contributed by atoms with Crippen LogP contribution in [0.25, 0.3) is 0 Å². The smallest absolute Gasteiger partial charge is 0.0919 e. The van der Waals surface area contributed by atoms with Crippen molar-refractivity contribution >= 4 is 11.3 Å². The van der Waals surface area contributed by atoms with Crippen molar-refractivity contribution in [3.8, 4) is 0 Å². The largest absolute Gasteiger partial charge is 0.387 e. The molecule has 1 nitrogen and oxygen atoms in total. The molecule has 1 aliphatic carbocycles. The van der Waals surface area contributed by atoms with Crippen molar-refractivity contribution in [1.29, 1.82) is 0 Å². The van der Waals surface area contributed by atoms with Gasteiger partial charge in [0.1, 0.15) is 0 Å². The number of aryl methyl sites for hydroxylation is 1. The molecule has 0 bridgehead atoms. The quantitative estimate of drug-likeness (QED) is 0.767. The van der Waals surface area contributed by atoms with Gasteiger partial charge in [-0.05, 0) is 51.2 Å². The summed E-state index contributed by atoms with van der Waals surface area (Å²) in [5.41, 5.74) is 1.44. The van der Waals surface area contributed by atoms with E-state index in [1.54, 1.807) is 11.3 Å². The van der Waals surface area contributed by atoms with Crippen molar-refractivity contribution in [2.45, 2.75) is 45.1 Å². The van der Waals surface area contributed by atoms with Gasteiger partial charge in [-0.2, -0.15) is 0 Å². The Balaban J connectivity index is 1.97. The first-order chi connectivity index (χ1) is 7.25. The normalized spacial score (nSPS) is 18.7. The van der Waals surface area contributed by atoms with Crippen LogP contribution < -0.4 is 0 Å². The molecule has 1 atom stereocenters. The number of allylic oxidation sites excluding steroid dienone is 1. The maximum absolute atomic E-state index is 10.1. The average Bonchev–Trinajstić information content (AvgIpc) is 2.66. The van der Waals surface area contributed by atoms with E-state index >= 15 is 0 Å². The fourth-order valence-electron chi connectivity index (χ4n) is 2.07. The van der Waals surface area contributed by atoms with Crippen molar-refractivity contribution in [1.82, 2.24) is 0 Å². The Labute approximate surface area is 95.5 Å². The molecule has 0 spiro atoms. The molecule has 0 fully saturated rings.